The van der Waals surface area contributed by atoms with Crippen LogP contribution in [0.15, 0.2) is 18.2 Å². The monoisotopic (exact) mass is 338 g/mol. The van der Waals surface area contributed by atoms with Crippen LogP contribution >= 0.6 is 0 Å². The van der Waals surface area contributed by atoms with Gasteiger partial charge in [-0.1, -0.05) is 13.0 Å². The highest BCUT2D eigenvalue weighted by atomic mass is 19.1. The fraction of sp³-hybridized carbons (Fsp3) is 0.611. The minimum Gasteiger partial charge on any atom is -0.494 e. The lowest BCUT2D eigenvalue weighted by molar-refractivity contribution is -0.133. The number of aliphatic hydroxyl groups is 1. The number of carbonyl (C=O) groups excluding carboxylic acids is 1. The van der Waals surface area contributed by atoms with Crippen LogP contribution in [0.5, 0.6) is 5.75 Å². The minimum absolute atomic E-state index is 0.0990. The number of β-amino-alcohol motifs (C(OH)–C–C–N with tert-alkyl or cyclic N) is 1. The van der Waals surface area contributed by atoms with Gasteiger partial charge in [-0.3, -0.25) is 9.69 Å². The second kappa shape index (κ2) is 8.99. The van der Waals surface area contributed by atoms with Crippen LogP contribution in [0.25, 0.3) is 0 Å². The maximum Gasteiger partial charge on any atom is 0.222 e. The number of nitrogens with zero attached hydrogens (tertiary/aromatic N) is 2. The van der Waals surface area contributed by atoms with E-state index in [4.69, 9.17) is 4.74 Å². The maximum atomic E-state index is 13.7. The molecule has 0 unspecified atom stereocenters. The van der Waals surface area contributed by atoms with Gasteiger partial charge in [0.15, 0.2) is 11.6 Å². The molecule has 0 radical (unpaired) electrons. The molecule has 1 saturated heterocycles. The molecule has 0 bridgehead atoms. The van der Waals surface area contributed by atoms with Gasteiger partial charge in [0.1, 0.15) is 0 Å². The quantitative estimate of drug-likeness (QED) is 0.822. The second-order valence-corrected chi connectivity index (χ2v) is 6.21. The largest absolute Gasteiger partial charge is 0.494 e. The Hall–Kier alpha value is -1.66. The van der Waals surface area contributed by atoms with Gasteiger partial charge < -0.3 is 14.7 Å². The highest BCUT2D eigenvalue weighted by Gasteiger charge is 2.22. The molecule has 2 rings (SSSR count). The number of hydrogen-bond acceptors (Lipinski definition) is 4. The zero-order chi connectivity index (χ0) is 17.5. The Morgan fingerprint density at radius 3 is 2.62 bits per heavy atom. The van der Waals surface area contributed by atoms with Crippen molar-refractivity contribution in [2.24, 2.45) is 0 Å². The molecular weight excluding hydrogens is 311 g/mol. The van der Waals surface area contributed by atoms with E-state index in [-0.39, 0.29) is 17.8 Å². The SMILES string of the molecule is CC[C@@H](O)CN1CCN(C(=O)CCc2ccc(OC)c(F)c2)CC1. The van der Waals surface area contributed by atoms with E-state index >= 15 is 0 Å². The predicted octanol–water partition coefficient (Wildman–Crippen LogP) is 1.68. The van der Waals surface area contributed by atoms with Crippen LogP contribution in [-0.4, -0.2) is 66.8 Å². The van der Waals surface area contributed by atoms with E-state index in [0.29, 0.717) is 32.5 Å². The van der Waals surface area contributed by atoms with Crippen LogP contribution in [0.4, 0.5) is 4.39 Å². The van der Waals surface area contributed by atoms with Crippen LogP contribution in [0.1, 0.15) is 25.3 Å². The molecule has 1 atom stereocenters. The topological polar surface area (TPSA) is 53.0 Å². The molecule has 0 aliphatic carbocycles. The van der Waals surface area contributed by atoms with Crippen molar-refractivity contribution in [2.75, 3.05) is 39.8 Å². The summed E-state index contributed by atoms with van der Waals surface area (Å²) in [6.07, 6.45) is 1.35. The summed E-state index contributed by atoms with van der Waals surface area (Å²) in [5.74, 6) is -0.0806. The van der Waals surface area contributed by atoms with Crippen LogP contribution in [0, 0.1) is 5.82 Å². The van der Waals surface area contributed by atoms with E-state index in [1.54, 1.807) is 12.1 Å². The van der Waals surface area contributed by atoms with Crippen molar-refractivity contribution < 1.29 is 19.0 Å². The Balaban J connectivity index is 1.76. The molecule has 1 aliphatic heterocycles. The molecule has 134 valence electrons. The van der Waals surface area contributed by atoms with E-state index in [1.807, 2.05) is 11.8 Å². The van der Waals surface area contributed by atoms with Crippen LogP contribution < -0.4 is 4.74 Å². The summed E-state index contributed by atoms with van der Waals surface area (Å²) in [4.78, 5) is 16.4. The summed E-state index contributed by atoms with van der Waals surface area (Å²) in [6.45, 7) is 5.59. The number of rotatable bonds is 7. The summed E-state index contributed by atoms with van der Waals surface area (Å²) < 4.78 is 18.6. The molecule has 1 aliphatic rings. The van der Waals surface area contributed by atoms with E-state index in [0.717, 1.165) is 25.1 Å². The normalized spacial score (nSPS) is 16.9. The molecule has 1 aromatic carbocycles. The van der Waals surface area contributed by atoms with Crippen molar-refractivity contribution in [1.82, 2.24) is 9.80 Å². The Morgan fingerprint density at radius 2 is 2.04 bits per heavy atom. The van der Waals surface area contributed by atoms with Gasteiger partial charge in [-0.15, -0.1) is 0 Å². The van der Waals surface area contributed by atoms with Crippen LogP contribution in [0.2, 0.25) is 0 Å². The van der Waals surface area contributed by atoms with E-state index in [9.17, 15) is 14.3 Å². The van der Waals surface area contributed by atoms with Gasteiger partial charge in [-0.25, -0.2) is 4.39 Å². The standard InChI is InChI=1S/C18H27FN2O3/c1-3-15(22)13-20-8-10-21(11-9-20)18(23)7-5-14-4-6-17(24-2)16(19)12-14/h4,6,12,15,22H,3,5,7-11,13H2,1-2H3/t15-/m1/s1. The van der Waals surface area contributed by atoms with Crippen molar-refractivity contribution in [3.05, 3.63) is 29.6 Å². The number of ether oxygens (including phenoxy) is 1. The summed E-state index contributed by atoms with van der Waals surface area (Å²) in [5.41, 5.74) is 0.798. The fourth-order valence-corrected chi connectivity index (χ4v) is 2.88. The van der Waals surface area contributed by atoms with E-state index in [1.165, 1.54) is 13.2 Å². The number of aliphatic hydroxyl groups excluding tert-OH is 1. The summed E-state index contributed by atoms with van der Waals surface area (Å²) in [5, 5.41) is 9.69. The van der Waals surface area contributed by atoms with E-state index in [2.05, 4.69) is 4.90 Å². The number of aryl methyl sites for hydroxylation is 1. The van der Waals surface area contributed by atoms with Gasteiger partial charge in [-0.2, -0.15) is 0 Å². The molecule has 5 nitrogen and oxygen atoms in total. The molecule has 0 saturated carbocycles. The van der Waals surface area contributed by atoms with Crippen molar-refractivity contribution in [2.45, 2.75) is 32.3 Å². The summed E-state index contributed by atoms with van der Waals surface area (Å²) >= 11 is 0. The fourth-order valence-electron chi connectivity index (χ4n) is 2.88. The Morgan fingerprint density at radius 1 is 1.33 bits per heavy atom. The van der Waals surface area contributed by atoms with Crippen LogP contribution in [0.3, 0.4) is 0 Å². The number of amides is 1. The molecule has 1 heterocycles. The molecule has 1 fully saturated rings. The van der Waals surface area contributed by atoms with Crippen molar-refractivity contribution in [3.8, 4) is 5.75 Å². The van der Waals surface area contributed by atoms with Crippen LogP contribution in [-0.2, 0) is 11.2 Å². The van der Waals surface area contributed by atoms with Gasteiger partial charge >= 0.3 is 0 Å². The molecule has 1 aromatic rings. The molecule has 6 heteroatoms. The number of hydrogen-bond donors (Lipinski definition) is 1. The molecule has 0 spiro atoms. The average molecular weight is 338 g/mol. The lowest BCUT2D eigenvalue weighted by atomic mass is 10.1. The first-order chi connectivity index (χ1) is 11.5. The molecular formula is C18H27FN2O3. The number of carbonyl (C=O) groups is 1. The number of methoxy groups -OCH3 is 1. The Labute approximate surface area is 143 Å². The zero-order valence-corrected chi connectivity index (χ0v) is 14.5. The zero-order valence-electron chi connectivity index (χ0n) is 14.5. The highest BCUT2D eigenvalue weighted by molar-refractivity contribution is 5.76. The lowest BCUT2D eigenvalue weighted by Crippen LogP contribution is -2.50. The van der Waals surface area contributed by atoms with Crippen molar-refractivity contribution >= 4 is 5.91 Å². The lowest BCUT2D eigenvalue weighted by Gasteiger charge is -2.35. The van der Waals surface area contributed by atoms with Gasteiger partial charge in [0.25, 0.3) is 0 Å². The maximum absolute atomic E-state index is 13.7. The third-order valence-corrected chi connectivity index (χ3v) is 4.51. The minimum atomic E-state index is -0.398. The molecule has 1 N–H and O–H groups in total. The first-order valence-corrected chi connectivity index (χ1v) is 8.54. The van der Waals surface area contributed by atoms with Gasteiger partial charge in [0, 0.05) is 39.1 Å². The Kier molecular flexibility index (Phi) is 6.99. The molecule has 1 amide bonds. The van der Waals surface area contributed by atoms with Crippen molar-refractivity contribution in [3.63, 3.8) is 0 Å². The summed E-state index contributed by atoms with van der Waals surface area (Å²) in [7, 11) is 1.43. The highest BCUT2D eigenvalue weighted by Crippen LogP contribution is 2.19. The number of piperazine rings is 1. The third kappa shape index (κ3) is 5.18. The first kappa shape index (κ1) is 18.7. The molecule has 0 aromatic heterocycles. The number of halogens is 1. The average Bonchev–Trinajstić information content (AvgIpc) is 2.60. The Bertz CT molecular complexity index is 545. The number of benzene rings is 1. The molecule has 24 heavy (non-hydrogen) atoms. The summed E-state index contributed by atoms with van der Waals surface area (Å²) in [6, 6.07) is 4.81. The van der Waals surface area contributed by atoms with Crippen molar-refractivity contribution in [1.29, 1.82) is 0 Å². The second-order valence-electron chi connectivity index (χ2n) is 6.21. The third-order valence-electron chi connectivity index (χ3n) is 4.51. The van der Waals surface area contributed by atoms with Gasteiger partial charge in [-0.05, 0) is 30.5 Å². The van der Waals surface area contributed by atoms with Gasteiger partial charge in [0.2, 0.25) is 5.91 Å². The predicted molar refractivity (Wildman–Crippen MR) is 90.6 cm³/mol. The van der Waals surface area contributed by atoms with Gasteiger partial charge in [0.05, 0.1) is 13.2 Å². The smallest absolute Gasteiger partial charge is 0.222 e. The van der Waals surface area contributed by atoms with E-state index < -0.39 is 5.82 Å². The first-order valence-electron chi connectivity index (χ1n) is 8.54.